The standard InChI is InChI=1S/C24H23ClN2O2/c1-18-7-13-22(14-8-18)27(17-19-5-3-2-4-6-19)23(28)15-16-26-24(29)20-9-11-21(25)12-10-20/h2-14H,15-17H2,1H3,(H,26,29). The van der Waals surface area contributed by atoms with Crippen molar-refractivity contribution in [1.29, 1.82) is 0 Å². The van der Waals surface area contributed by atoms with E-state index in [4.69, 9.17) is 11.6 Å². The Hall–Kier alpha value is -3.11. The molecule has 0 fully saturated rings. The highest BCUT2D eigenvalue weighted by Gasteiger charge is 2.16. The SMILES string of the molecule is Cc1ccc(N(Cc2ccccc2)C(=O)CCNC(=O)c2ccc(Cl)cc2)cc1. The molecular weight excluding hydrogens is 384 g/mol. The van der Waals surface area contributed by atoms with Crippen molar-refractivity contribution >= 4 is 29.1 Å². The van der Waals surface area contributed by atoms with Crippen LogP contribution in [0.25, 0.3) is 0 Å². The number of hydrogen-bond acceptors (Lipinski definition) is 2. The van der Waals surface area contributed by atoms with Gasteiger partial charge in [0.05, 0.1) is 6.54 Å². The molecular formula is C24H23ClN2O2. The minimum absolute atomic E-state index is 0.0471. The Morgan fingerprint density at radius 2 is 1.55 bits per heavy atom. The van der Waals surface area contributed by atoms with Crippen LogP contribution in [0.1, 0.15) is 27.9 Å². The van der Waals surface area contributed by atoms with E-state index in [0.29, 0.717) is 17.1 Å². The fourth-order valence-electron chi connectivity index (χ4n) is 2.94. The van der Waals surface area contributed by atoms with Gasteiger partial charge in [-0.3, -0.25) is 9.59 Å². The summed E-state index contributed by atoms with van der Waals surface area (Å²) < 4.78 is 0. The smallest absolute Gasteiger partial charge is 0.251 e. The van der Waals surface area contributed by atoms with Crippen LogP contribution in [0.4, 0.5) is 5.69 Å². The van der Waals surface area contributed by atoms with Crippen LogP contribution >= 0.6 is 11.6 Å². The van der Waals surface area contributed by atoms with Crippen molar-refractivity contribution < 1.29 is 9.59 Å². The van der Waals surface area contributed by atoms with Gasteiger partial charge in [0, 0.05) is 29.2 Å². The second-order valence-electron chi connectivity index (χ2n) is 6.81. The summed E-state index contributed by atoms with van der Waals surface area (Å²) in [6.45, 7) is 2.75. The number of amides is 2. The number of rotatable bonds is 7. The topological polar surface area (TPSA) is 49.4 Å². The van der Waals surface area contributed by atoms with Crippen molar-refractivity contribution in [1.82, 2.24) is 5.32 Å². The first-order valence-electron chi connectivity index (χ1n) is 9.47. The fourth-order valence-corrected chi connectivity index (χ4v) is 3.06. The number of aryl methyl sites for hydroxylation is 1. The lowest BCUT2D eigenvalue weighted by Gasteiger charge is -2.23. The molecule has 0 radical (unpaired) electrons. The number of nitrogens with zero attached hydrogens (tertiary/aromatic N) is 1. The predicted molar refractivity (Wildman–Crippen MR) is 117 cm³/mol. The zero-order chi connectivity index (χ0) is 20.6. The normalized spacial score (nSPS) is 10.4. The Morgan fingerprint density at radius 1 is 0.897 bits per heavy atom. The molecule has 0 spiro atoms. The van der Waals surface area contributed by atoms with Crippen LogP contribution in [0, 0.1) is 6.92 Å². The minimum atomic E-state index is -0.223. The van der Waals surface area contributed by atoms with E-state index in [1.165, 1.54) is 0 Å². The second-order valence-corrected chi connectivity index (χ2v) is 7.25. The molecule has 1 N–H and O–H groups in total. The van der Waals surface area contributed by atoms with Gasteiger partial charge in [0.15, 0.2) is 0 Å². The van der Waals surface area contributed by atoms with E-state index < -0.39 is 0 Å². The average Bonchev–Trinajstić information content (AvgIpc) is 2.74. The van der Waals surface area contributed by atoms with Crippen molar-refractivity contribution in [3.8, 4) is 0 Å². The zero-order valence-electron chi connectivity index (χ0n) is 16.3. The number of carbonyl (C=O) groups is 2. The Balaban J connectivity index is 1.65. The lowest BCUT2D eigenvalue weighted by molar-refractivity contribution is -0.118. The molecule has 0 atom stereocenters. The lowest BCUT2D eigenvalue weighted by Crippen LogP contribution is -2.34. The van der Waals surface area contributed by atoms with E-state index in [1.807, 2.05) is 61.5 Å². The molecule has 3 aromatic rings. The molecule has 0 bridgehead atoms. The first-order chi connectivity index (χ1) is 14.0. The van der Waals surface area contributed by atoms with Crippen molar-refractivity contribution in [3.05, 3.63) is 101 Å². The van der Waals surface area contributed by atoms with E-state index >= 15 is 0 Å². The Morgan fingerprint density at radius 3 is 2.21 bits per heavy atom. The van der Waals surface area contributed by atoms with Crippen molar-refractivity contribution in [2.45, 2.75) is 19.9 Å². The molecule has 3 aromatic carbocycles. The summed E-state index contributed by atoms with van der Waals surface area (Å²) in [5.41, 5.74) is 3.54. The Labute approximate surface area is 176 Å². The largest absolute Gasteiger partial charge is 0.352 e. The van der Waals surface area contributed by atoms with Gasteiger partial charge in [-0.25, -0.2) is 0 Å². The lowest BCUT2D eigenvalue weighted by atomic mass is 10.1. The first-order valence-corrected chi connectivity index (χ1v) is 9.85. The van der Waals surface area contributed by atoms with Gasteiger partial charge < -0.3 is 10.2 Å². The molecule has 3 rings (SSSR count). The maximum atomic E-state index is 13.0. The molecule has 0 aliphatic carbocycles. The summed E-state index contributed by atoms with van der Waals surface area (Å²) in [4.78, 5) is 26.9. The highest BCUT2D eigenvalue weighted by atomic mass is 35.5. The van der Waals surface area contributed by atoms with E-state index in [1.54, 1.807) is 29.2 Å². The number of halogens is 1. The molecule has 29 heavy (non-hydrogen) atoms. The van der Waals surface area contributed by atoms with E-state index in [0.717, 1.165) is 16.8 Å². The van der Waals surface area contributed by atoms with Gasteiger partial charge in [-0.2, -0.15) is 0 Å². The number of carbonyl (C=O) groups excluding carboxylic acids is 2. The molecule has 0 aromatic heterocycles. The average molecular weight is 407 g/mol. The zero-order valence-corrected chi connectivity index (χ0v) is 17.0. The maximum absolute atomic E-state index is 13.0. The highest BCUT2D eigenvalue weighted by molar-refractivity contribution is 6.30. The van der Waals surface area contributed by atoms with Crippen LogP contribution in [0.15, 0.2) is 78.9 Å². The molecule has 4 nitrogen and oxygen atoms in total. The van der Waals surface area contributed by atoms with Crippen LogP contribution in [-0.2, 0) is 11.3 Å². The van der Waals surface area contributed by atoms with E-state index in [2.05, 4.69) is 5.32 Å². The monoisotopic (exact) mass is 406 g/mol. The van der Waals surface area contributed by atoms with Crippen LogP contribution in [-0.4, -0.2) is 18.4 Å². The minimum Gasteiger partial charge on any atom is -0.352 e. The fraction of sp³-hybridized carbons (Fsp3) is 0.167. The van der Waals surface area contributed by atoms with Gasteiger partial charge in [-0.1, -0.05) is 59.6 Å². The summed E-state index contributed by atoms with van der Waals surface area (Å²) in [5, 5.41) is 3.37. The van der Waals surface area contributed by atoms with Crippen molar-refractivity contribution in [2.24, 2.45) is 0 Å². The van der Waals surface area contributed by atoms with E-state index in [-0.39, 0.29) is 24.8 Å². The quantitative estimate of drug-likeness (QED) is 0.600. The number of anilines is 1. The van der Waals surface area contributed by atoms with Crippen LogP contribution in [0.3, 0.4) is 0 Å². The van der Waals surface area contributed by atoms with Crippen molar-refractivity contribution in [3.63, 3.8) is 0 Å². The summed E-state index contributed by atoms with van der Waals surface area (Å²) in [6, 6.07) is 24.4. The van der Waals surface area contributed by atoms with Gasteiger partial charge in [0.25, 0.3) is 5.91 Å². The van der Waals surface area contributed by atoms with Crippen molar-refractivity contribution in [2.75, 3.05) is 11.4 Å². The Bertz CT molecular complexity index is 954. The number of benzene rings is 3. The first kappa shape index (κ1) is 20.6. The number of hydrogen-bond donors (Lipinski definition) is 1. The summed E-state index contributed by atoms with van der Waals surface area (Å²) >= 11 is 5.85. The summed E-state index contributed by atoms with van der Waals surface area (Å²) in [5.74, 6) is -0.270. The van der Waals surface area contributed by atoms with Crippen LogP contribution in [0.5, 0.6) is 0 Å². The molecule has 148 valence electrons. The molecule has 0 saturated carbocycles. The summed E-state index contributed by atoms with van der Waals surface area (Å²) in [6.07, 6.45) is 0.208. The van der Waals surface area contributed by atoms with Gasteiger partial charge in [-0.15, -0.1) is 0 Å². The third kappa shape index (κ3) is 5.93. The summed E-state index contributed by atoms with van der Waals surface area (Å²) in [7, 11) is 0. The van der Waals surface area contributed by atoms with Crippen LogP contribution < -0.4 is 10.2 Å². The van der Waals surface area contributed by atoms with Crippen LogP contribution in [0.2, 0.25) is 5.02 Å². The molecule has 0 aliphatic heterocycles. The molecule has 0 heterocycles. The van der Waals surface area contributed by atoms with E-state index in [9.17, 15) is 9.59 Å². The third-order valence-corrected chi connectivity index (χ3v) is 4.81. The maximum Gasteiger partial charge on any atom is 0.251 e. The second kappa shape index (κ2) is 9.89. The molecule has 0 unspecified atom stereocenters. The predicted octanol–water partition coefficient (Wildman–Crippen LogP) is 5.00. The van der Waals surface area contributed by atoms with Gasteiger partial charge in [0.1, 0.15) is 0 Å². The van der Waals surface area contributed by atoms with Gasteiger partial charge in [-0.05, 0) is 48.9 Å². The molecule has 5 heteroatoms. The van der Waals surface area contributed by atoms with Gasteiger partial charge >= 0.3 is 0 Å². The number of nitrogens with one attached hydrogen (secondary N) is 1. The third-order valence-electron chi connectivity index (χ3n) is 4.56. The molecule has 2 amide bonds. The molecule has 0 aliphatic rings. The molecule has 0 saturated heterocycles. The Kier molecular flexibility index (Phi) is 7.04. The highest BCUT2D eigenvalue weighted by Crippen LogP contribution is 2.19. The van der Waals surface area contributed by atoms with Gasteiger partial charge in [0.2, 0.25) is 5.91 Å².